The Morgan fingerprint density at radius 3 is 2.76 bits per heavy atom. The van der Waals surface area contributed by atoms with Crippen LogP contribution >= 0.6 is 0 Å². The predicted octanol–water partition coefficient (Wildman–Crippen LogP) is 2.26. The van der Waals surface area contributed by atoms with Gasteiger partial charge in [-0.15, -0.1) is 0 Å². The van der Waals surface area contributed by atoms with E-state index in [2.05, 4.69) is 10.3 Å². The van der Waals surface area contributed by atoms with Gasteiger partial charge in [-0.25, -0.2) is 0 Å². The van der Waals surface area contributed by atoms with E-state index >= 15 is 0 Å². The van der Waals surface area contributed by atoms with Gasteiger partial charge in [0.25, 0.3) is 5.91 Å². The lowest BCUT2D eigenvalue weighted by molar-refractivity contribution is -0.120. The number of hydrogen-bond donors (Lipinski definition) is 1. The second-order valence-corrected chi connectivity index (χ2v) is 6.95. The Morgan fingerprint density at radius 2 is 2.12 bits per heavy atom. The van der Waals surface area contributed by atoms with Crippen LogP contribution in [0, 0.1) is 6.92 Å². The third-order valence-corrected chi connectivity index (χ3v) is 5.43. The molecule has 2 aromatic rings. The Morgan fingerprint density at radius 1 is 1.32 bits per heavy atom. The van der Waals surface area contributed by atoms with Crippen LogP contribution in [-0.2, 0) is 4.79 Å². The van der Waals surface area contributed by atoms with Gasteiger partial charge >= 0.3 is 0 Å². The van der Waals surface area contributed by atoms with Gasteiger partial charge in [0.15, 0.2) is 5.76 Å². The van der Waals surface area contributed by atoms with Gasteiger partial charge in [0.1, 0.15) is 5.76 Å². The molecule has 2 fully saturated rings. The van der Waals surface area contributed by atoms with Crippen LogP contribution in [-0.4, -0.2) is 40.3 Å². The highest BCUT2D eigenvalue weighted by atomic mass is 16.3. The number of carbonyl (C=O) groups excluding carboxylic acids is 2. The number of rotatable bonds is 2. The molecule has 2 saturated heterocycles. The molecular weight excluding hydrogens is 318 g/mol. The minimum Gasteiger partial charge on any atom is -0.456 e. The van der Waals surface area contributed by atoms with Gasteiger partial charge < -0.3 is 14.6 Å². The zero-order chi connectivity index (χ0) is 17.4. The average Bonchev–Trinajstić information content (AvgIpc) is 3.19. The summed E-state index contributed by atoms with van der Waals surface area (Å²) in [7, 11) is 0. The van der Waals surface area contributed by atoms with Crippen molar-refractivity contribution in [1.29, 1.82) is 0 Å². The lowest BCUT2D eigenvalue weighted by Crippen LogP contribution is -2.54. The first-order valence-electron chi connectivity index (χ1n) is 8.64. The fraction of sp³-hybridized carbons (Fsp3) is 0.421. The van der Waals surface area contributed by atoms with Crippen molar-refractivity contribution in [3.8, 4) is 0 Å². The molecule has 2 aromatic heterocycles. The minimum absolute atomic E-state index is 0.0785. The molecule has 1 unspecified atom stereocenters. The van der Waals surface area contributed by atoms with Crippen LogP contribution in [0.2, 0.25) is 0 Å². The summed E-state index contributed by atoms with van der Waals surface area (Å²) in [6.07, 6.45) is 5.55. The predicted molar refractivity (Wildman–Crippen MR) is 91.1 cm³/mol. The molecule has 1 atom stereocenters. The summed E-state index contributed by atoms with van der Waals surface area (Å²) < 4.78 is 5.45. The highest BCUT2D eigenvalue weighted by molar-refractivity contribution is 5.91. The van der Waals surface area contributed by atoms with Crippen molar-refractivity contribution in [1.82, 2.24) is 15.2 Å². The zero-order valence-corrected chi connectivity index (χ0v) is 14.2. The maximum Gasteiger partial charge on any atom is 0.289 e. The highest BCUT2D eigenvalue weighted by Gasteiger charge is 2.49. The third-order valence-electron chi connectivity index (χ3n) is 5.43. The van der Waals surface area contributed by atoms with Gasteiger partial charge in [0, 0.05) is 37.8 Å². The van der Waals surface area contributed by atoms with E-state index in [-0.39, 0.29) is 23.3 Å². The first-order valence-corrected chi connectivity index (χ1v) is 8.64. The Balaban J connectivity index is 1.51. The van der Waals surface area contributed by atoms with Crippen LogP contribution in [0.4, 0.5) is 0 Å². The second-order valence-electron chi connectivity index (χ2n) is 6.95. The quantitative estimate of drug-likeness (QED) is 0.911. The van der Waals surface area contributed by atoms with E-state index in [0.29, 0.717) is 25.3 Å². The molecule has 0 aliphatic carbocycles. The molecule has 0 saturated carbocycles. The largest absolute Gasteiger partial charge is 0.456 e. The molecule has 2 aliphatic heterocycles. The summed E-state index contributed by atoms with van der Waals surface area (Å²) in [4.78, 5) is 30.7. The first kappa shape index (κ1) is 15.9. The number of furan rings is 1. The standard InChI is InChI=1S/C19H21N3O3/c1-13-4-5-16(25-13)18(24)22-9-6-19(7-10-22)15(11-17(23)21-19)14-3-2-8-20-12-14/h2-5,8,12,15H,6-7,9-11H2,1H3,(H,21,23). The van der Waals surface area contributed by atoms with E-state index in [1.165, 1.54) is 0 Å². The van der Waals surface area contributed by atoms with Crippen LogP contribution in [0.5, 0.6) is 0 Å². The molecule has 6 nitrogen and oxygen atoms in total. The van der Waals surface area contributed by atoms with E-state index in [9.17, 15) is 9.59 Å². The summed E-state index contributed by atoms with van der Waals surface area (Å²) >= 11 is 0. The van der Waals surface area contributed by atoms with Gasteiger partial charge in [0.2, 0.25) is 5.91 Å². The number of amides is 2. The van der Waals surface area contributed by atoms with E-state index in [1.54, 1.807) is 18.3 Å². The molecule has 2 amide bonds. The number of likely N-dealkylation sites (tertiary alicyclic amines) is 1. The number of carbonyl (C=O) groups is 2. The van der Waals surface area contributed by atoms with Crippen LogP contribution in [0.25, 0.3) is 0 Å². The number of piperidine rings is 1. The monoisotopic (exact) mass is 339 g/mol. The second kappa shape index (κ2) is 6.02. The first-order chi connectivity index (χ1) is 12.1. The van der Waals surface area contributed by atoms with E-state index in [1.807, 2.05) is 30.2 Å². The number of nitrogens with one attached hydrogen (secondary N) is 1. The molecule has 25 heavy (non-hydrogen) atoms. The maximum absolute atomic E-state index is 12.6. The van der Waals surface area contributed by atoms with Crippen molar-refractivity contribution in [2.45, 2.75) is 37.6 Å². The summed E-state index contributed by atoms with van der Waals surface area (Å²) in [5, 5.41) is 3.19. The van der Waals surface area contributed by atoms with Gasteiger partial charge in [-0.3, -0.25) is 14.6 Å². The molecule has 1 spiro atoms. The third kappa shape index (κ3) is 2.81. The Bertz CT molecular complexity index is 791. The number of nitrogens with zero attached hydrogens (tertiary/aromatic N) is 2. The Hall–Kier alpha value is -2.63. The molecule has 0 radical (unpaired) electrons. The van der Waals surface area contributed by atoms with Crippen molar-refractivity contribution in [2.75, 3.05) is 13.1 Å². The molecule has 1 N–H and O–H groups in total. The van der Waals surface area contributed by atoms with Crippen LogP contribution in [0.3, 0.4) is 0 Å². The fourth-order valence-electron chi connectivity index (χ4n) is 4.10. The van der Waals surface area contributed by atoms with E-state index < -0.39 is 0 Å². The normalized spacial score (nSPS) is 22.2. The minimum atomic E-state index is -0.282. The zero-order valence-electron chi connectivity index (χ0n) is 14.2. The van der Waals surface area contributed by atoms with Crippen molar-refractivity contribution in [3.63, 3.8) is 0 Å². The van der Waals surface area contributed by atoms with Crippen LogP contribution < -0.4 is 5.32 Å². The van der Waals surface area contributed by atoms with Gasteiger partial charge in [-0.05, 0) is 43.5 Å². The lowest BCUT2D eigenvalue weighted by atomic mass is 9.74. The molecule has 4 rings (SSSR count). The Labute approximate surface area is 146 Å². The van der Waals surface area contributed by atoms with Crippen molar-refractivity contribution >= 4 is 11.8 Å². The molecule has 6 heteroatoms. The van der Waals surface area contributed by atoms with Crippen LogP contribution in [0.1, 0.15) is 47.1 Å². The maximum atomic E-state index is 12.6. The van der Waals surface area contributed by atoms with Crippen molar-refractivity contribution in [3.05, 3.63) is 53.7 Å². The van der Waals surface area contributed by atoms with Crippen LogP contribution in [0.15, 0.2) is 41.1 Å². The molecule has 0 aromatic carbocycles. The fourth-order valence-corrected chi connectivity index (χ4v) is 4.10. The Kier molecular flexibility index (Phi) is 3.82. The summed E-state index contributed by atoms with van der Waals surface area (Å²) in [6, 6.07) is 7.46. The van der Waals surface area contributed by atoms with E-state index in [0.717, 1.165) is 24.2 Å². The molecule has 4 heterocycles. The molecule has 2 aliphatic rings. The van der Waals surface area contributed by atoms with Crippen molar-refractivity contribution < 1.29 is 14.0 Å². The van der Waals surface area contributed by atoms with E-state index in [4.69, 9.17) is 4.42 Å². The van der Waals surface area contributed by atoms with Gasteiger partial charge in [-0.1, -0.05) is 6.07 Å². The highest BCUT2D eigenvalue weighted by Crippen LogP contribution is 2.43. The molecule has 130 valence electrons. The number of aromatic nitrogens is 1. The SMILES string of the molecule is Cc1ccc(C(=O)N2CCC3(CC2)NC(=O)CC3c2cccnc2)o1. The molecule has 0 bridgehead atoms. The summed E-state index contributed by atoms with van der Waals surface area (Å²) in [5.74, 6) is 1.22. The summed E-state index contributed by atoms with van der Waals surface area (Å²) in [5.41, 5.74) is 0.804. The van der Waals surface area contributed by atoms with Gasteiger partial charge in [-0.2, -0.15) is 0 Å². The topological polar surface area (TPSA) is 75.4 Å². The number of hydrogen-bond acceptors (Lipinski definition) is 4. The number of pyridine rings is 1. The smallest absolute Gasteiger partial charge is 0.289 e. The molecular formula is C19H21N3O3. The average molecular weight is 339 g/mol. The lowest BCUT2D eigenvalue weighted by Gasteiger charge is -2.42. The van der Waals surface area contributed by atoms with Crippen molar-refractivity contribution in [2.24, 2.45) is 0 Å². The summed E-state index contributed by atoms with van der Waals surface area (Å²) in [6.45, 7) is 3.04. The number of aryl methyl sites for hydroxylation is 1. The van der Waals surface area contributed by atoms with Gasteiger partial charge in [0.05, 0.1) is 5.54 Å².